The van der Waals surface area contributed by atoms with E-state index in [4.69, 9.17) is 0 Å². The third kappa shape index (κ3) is 3.97. The zero-order valence-corrected chi connectivity index (χ0v) is 13.5. The molecule has 0 saturated carbocycles. The third-order valence-electron chi connectivity index (χ3n) is 3.11. The summed E-state index contributed by atoms with van der Waals surface area (Å²) < 4.78 is 0.956. The molecule has 0 fully saturated rings. The van der Waals surface area contributed by atoms with Crippen LogP contribution in [0.2, 0.25) is 0 Å². The zero-order chi connectivity index (χ0) is 14.8. The largest absolute Gasteiger partial charge is 0.299 e. The van der Waals surface area contributed by atoms with Gasteiger partial charge in [-0.05, 0) is 49.1 Å². The van der Waals surface area contributed by atoms with Gasteiger partial charge in [-0.25, -0.2) is 0 Å². The minimum atomic E-state index is -0.146. The van der Waals surface area contributed by atoms with Crippen LogP contribution < -0.4 is 10.9 Å². The second-order valence-electron chi connectivity index (χ2n) is 5.84. The Morgan fingerprint density at radius 2 is 1.90 bits per heavy atom. The first-order valence-corrected chi connectivity index (χ1v) is 7.37. The molecule has 0 bridgehead atoms. The molecule has 0 spiro atoms. The standard InChI is InChI=1S/C16H19BrN2O/c1-11-8-14(10-16(2,3)9-11)18-19-15(20)12-4-6-13(17)7-5-12/h4-8,10,18H,9H2,1-3H3,(H,19,20). The minimum Gasteiger partial charge on any atom is -0.299 e. The van der Waals surface area contributed by atoms with Crippen LogP contribution in [0.1, 0.15) is 37.6 Å². The van der Waals surface area contributed by atoms with Gasteiger partial charge in [0.2, 0.25) is 0 Å². The summed E-state index contributed by atoms with van der Waals surface area (Å²) in [5.74, 6) is -0.146. The normalized spacial score (nSPS) is 17.0. The molecule has 106 valence electrons. The summed E-state index contributed by atoms with van der Waals surface area (Å²) in [5, 5.41) is 0. The maximum Gasteiger partial charge on any atom is 0.269 e. The van der Waals surface area contributed by atoms with Gasteiger partial charge in [0.05, 0.1) is 5.70 Å². The number of hydrazine groups is 1. The number of benzene rings is 1. The molecule has 2 rings (SSSR count). The fraction of sp³-hybridized carbons (Fsp3) is 0.312. The van der Waals surface area contributed by atoms with Crippen molar-refractivity contribution in [3.05, 3.63) is 57.7 Å². The van der Waals surface area contributed by atoms with E-state index < -0.39 is 0 Å². The van der Waals surface area contributed by atoms with E-state index in [1.165, 1.54) is 5.57 Å². The second kappa shape index (κ2) is 5.83. The summed E-state index contributed by atoms with van der Waals surface area (Å²) >= 11 is 3.35. The fourth-order valence-corrected chi connectivity index (χ4v) is 2.69. The number of nitrogens with one attached hydrogen (secondary N) is 2. The van der Waals surface area contributed by atoms with Gasteiger partial charge in [0.25, 0.3) is 5.91 Å². The molecule has 0 saturated heterocycles. The fourth-order valence-electron chi connectivity index (χ4n) is 2.42. The highest BCUT2D eigenvalue weighted by Gasteiger charge is 2.20. The van der Waals surface area contributed by atoms with E-state index in [9.17, 15) is 4.79 Å². The Morgan fingerprint density at radius 3 is 2.50 bits per heavy atom. The summed E-state index contributed by atoms with van der Waals surface area (Å²) in [5.41, 5.74) is 8.70. The molecule has 2 N–H and O–H groups in total. The molecule has 3 nitrogen and oxygen atoms in total. The van der Waals surface area contributed by atoms with Crippen LogP contribution in [0.3, 0.4) is 0 Å². The van der Waals surface area contributed by atoms with E-state index in [1.807, 2.05) is 12.1 Å². The maximum absolute atomic E-state index is 12.0. The van der Waals surface area contributed by atoms with Gasteiger partial charge >= 0.3 is 0 Å². The van der Waals surface area contributed by atoms with Crippen LogP contribution in [0, 0.1) is 5.41 Å². The lowest BCUT2D eigenvalue weighted by Crippen LogP contribution is -2.37. The molecule has 0 aliphatic heterocycles. The number of carbonyl (C=O) groups excluding carboxylic acids is 1. The lowest BCUT2D eigenvalue weighted by atomic mass is 9.81. The van der Waals surface area contributed by atoms with Crippen molar-refractivity contribution in [3.8, 4) is 0 Å². The molecule has 4 heteroatoms. The lowest BCUT2D eigenvalue weighted by Gasteiger charge is -2.27. The average Bonchev–Trinajstić information content (AvgIpc) is 2.34. The predicted molar refractivity (Wildman–Crippen MR) is 85.0 cm³/mol. The Bertz CT molecular complexity index is 571. The van der Waals surface area contributed by atoms with Crippen LogP contribution >= 0.6 is 15.9 Å². The topological polar surface area (TPSA) is 41.1 Å². The number of allylic oxidation sites excluding steroid dienone is 3. The molecule has 0 radical (unpaired) electrons. The summed E-state index contributed by atoms with van der Waals surface area (Å²) in [6.45, 7) is 6.47. The molecule has 1 amide bonds. The van der Waals surface area contributed by atoms with Gasteiger partial charge in [-0.1, -0.05) is 41.4 Å². The van der Waals surface area contributed by atoms with Crippen molar-refractivity contribution in [2.45, 2.75) is 27.2 Å². The van der Waals surface area contributed by atoms with Crippen LogP contribution in [0.4, 0.5) is 0 Å². The van der Waals surface area contributed by atoms with Crippen molar-refractivity contribution >= 4 is 21.8 Å². The molecule has 20 heavy (non-hydrogen) atoms. The highest BCUT2D eigenvalue weighted by atomic mass is 79.9. The van der Waals surface area contributed by atoms with Crippen LogP contribution in [-0.4, -0.2) is 5.91 Å². The van der Waals surface area contributed by atoms with Crippen molar-refractivity contribution in [3.63, 3.8) is 0 Å². The summed E-state index contributed by atoms with van der Waals surface area (Å²) in [7, 11) is 0. The summed E-state index contributed by atoms with van der Waals surface area (Å²) in [4.78, 5) is 12.0. The number of halogens is 1. The summed E-state index contributed by atoms with van der Waals surface area (Å²) in [6, 6.07) is 7.26. The molecule has 0 unspecified atom stereocenters. The zero-order valence-electron chi connectivity index (χ0n) is 12.0. The van der Waals surface area contributed by atoms with Crippen molar-refractivity contribution in [2.24, 2.45) is 5.41 Å². The van der Waals surface area contributed by atoms with Gasteiger partial charge in [-0.2, -0.15) is 0 Å². The van der Waals surface area contributed by atoms with Gasteiger partial charge in [0, 0.05) is 10.0 Å². The van der Waals surface area contributed by atoms with E-state index in [0.29, 0.717) is 5.56 Å². The van der Waals surface area contributed by atoms with Gasteiger partial charge in [-0.15, -0.1) is 0 Å². The van der Waals surface area contributed by atoms with Crippen molar-refractivity contribution in [1.29, 1.82) is 0 Å². The van der Waals surface area contributed by atoms with Crippen LogP contribution in [-0.2, 0) is 0 Å². The highest BCUT2D eigenvalue weighted by molar-refractivity contribution is 9.10. The molecule has 1 aromatic rings. The van der Waals surface area contributed by atoms with Crippen LogP contribution in [0.5, 0.6) is 0 Å². The SMILES string of the molecule is CC1=CC(NNC(=O)c2ccc(Br)cc2)=CC(C)(C)C1. The molecule has 1 aromatic carbocycles. The highest BCUT2D eigenvalue weighted by Crippen LogP contribution is 2.31. The third-order valence-corrected chi connectivity index (χ3v) is 3.64. The van der Waals surface area contributed by atoms with Crippen LogP contribution in [0.25, 0.3) is 0 Å². The van der Waals surface area contributed by atoms with Gasteiger partial charge in [0.15, 0.2) is 0 Å². The Balaban J connectivity index is 2.00. The van der Waals surface area contributed by atoms with Gasteiger partial charge < -0.3 is 0 Å². The van der Waals surface area contributed by atoms with E-state index >= 15 is 0 Å². The Kier molecular flexibility index (Phi) is 4.33. The smallest absolute Gasteiger partial charge is 0.269 e. The lowest BCUT2D eigenvalue weighted by molar-refractivity contribution is 0.0939. The molecule has 0 heterocycles. The molecule has 1 aliphatic rings. The van der Waals surface area contributed by atoms with Crippen molar-refractivity contribution in [2.75, 3.05) is 0 Å². The first-order chi connectivity index (χ1) is 9.35. The second-order valence-corrected chi connectivity index (χ2v) is 6.76. The minimum absolute atomic E-state index is 0.115. The van der Waals surface area contributed by atoms with E-state index in [2.05, 4.69) is 59.7 Å². The Hall–Kier alpha value is -1.55. The van der Waals surface area contributed by atoms with Crippen molar-refractivity contribution in [1.82, 2.24) is 10.9 Å². The van der Waals surface area contributed by atoms with Gasteiger partial charge in [0.1, 0.15) is 0 Å². The first-order valence-electron chi connectivity index (χ1n) is 6.58. The molecular formula is C16H19BrN2O. The monoisotopic (exact) mass is 334 g/mol. The molecule has 1 aliphatic carbocycles. The van der Waals surface area contributed by atoms with Gasteiger partial charge in [-0.3, -0.25) is 15.6 Å². The number of rotatable bonds is 3. The van der Waals surface area contributed by atoms with Crippen molar-refractivity contribution < 1.29 is 4.79 Å². The number of hydrogen-bond donors (Lipinski definition) is 2. The van der Waals surface area contributed by atoms with E-state index in [-0.39, 0.29) is 11.3 Å². The van der Waals surface area contributed by atoms with E-state index in [1.54, 1.807) is 12.1 Å². The number of carbonyl (C=O) groups is 1. The quantitative estimate of drug-likeness (QED) is 0.822. The predicted octanol–water partition coefficient (Wildman–Crippen LogP) is 3.94. The van der Waals surface area contributed by atoms with E-state index in [0.717, 1.165) is 16.6 Å². The Morgan fingerprint density at radius 1 is 1.25 bits per heavy atom. The maximum atomic E-state index is 12.0. The Labute approximate surface area is 128 Å². The van der Waals surface area contributed by atoms with Crippen LogP contribution in [0.15, 0.2) is 52.2 Å². The molecule has 0 aromatic heterocycles. The molecule has 0 atom stereocenters. The molecular weight excluding hydrogens is 316 g/mol. The summed E-state index contributed by atoms with van der Waals surface area (Å²) in [6.07, 6.45) is 5.24. The number of amides is 1. The average molecular weight is 335 g/mol. The number of hydrogen-bond acceptors (Lipinski definition) is 2. The first kappa shape index (κ1) is 14.9.